The first-order valence-corrected chi connectivity index (χ1v) is 11.8. The van der Waals surface area contributed by atoms with Crippen molar-refractivity contribution in [2.75, 3.05) is 43.6 Å². The van der Waals surface area contributed by atoms with Crippen LogP contribution >= 0.6 is 0 Å². The van der Waals surface area contributed by atoms with E-state index >= 15 is 0 Å². The van der Waals surface area contributed by atoms with Crippen molar-refractivity contribution in [2.45, 2.75) is 0 Å². The summed E-state index contributed by atoms with van der Waals surface area (Å²) < 4.78 is 5.91. The number of nitrogens with zero attached hydrogens (tertiary/aromatic N) is 3. The molecule has 0 saturated carbocycles. The van der Waals surface area contributed by atoms with Crippen LogP contribution in [0.3, 0.4) is 0 Å². The summed E-state index contributed by atoms with van der Waals surface area (Å²) in [6, 6.07) is 20.4. The summed E-state index contributed by atoms with van der Waals surface area (Å²) in [6.45, 7) is 5.66. The molecule has 8 heteroatoms. The molecule has 0 fully saturated rings. The predicted octanol–water partition coefficient (Wildman–Crippen LogP) is 5.14. The fourth-order valence-electron chi connectivity index (χ4n) is 3.56. The first-order valence-electron chi connectivity index (χ1n) is 11.8. The Kier molecular flexibility index (Phi) is 8.12. The van der Waals surface area contributed by atoms with Gasteiger partial charge in [0.1, 0.15) is 17.3 Å². The highest BCUT2D eigenvalue weighted by Gasteiger charge is 2.15. The van der Waals surface area contributed by atoms with Gasteiger partial charge in [0.05, 0.1) is 18.1 Å². The number of amides is 1. The lowest BCUT2D eigenvalue weighted by atomic mass is 9.98. The molecule has 2 heterocycles. The molecule has 4 aromatic rings. The summed E-state index contributed by atoms with van der Waals surface area (Å²) in [6.07, 6.45) is 4.99. The third-order valence-electron chi connectivity index (χ3n) is 5.56. The number of nitrogens with one attached hydrogen (secondary N) is 2. The summed E-state index contributed by atoms with van der Waals surface area (Å²) in [5, 5.41) is 6.08. The molecule has 0 aliphatic heterocycles. The van der Waals surface area contributed by atoms with Gasteiger partial charge >= 0.3 is 0 Å². The Hall–Kier alpha value is -4.69. The van der Waals surface area contributed by atoms with Crippen molar-refractivity contribution < 1.29 is 9.53 Å². The van der Waals surface area contributed by atoms with Crippen LogP contribution in [0.2, 0.25) is 0 Å². The number of anilines is 3. The number of hydrogen-bond acceptors (Lipinski definition) is 7. The third kappa shape index (κ3) is 6.93. The smallest absolute Gasteiger partial charge is 0.255 e. The first kappa shape index (κ1) is 25.4. The first-order chi connectivity index (χ1) is 17.9. The van der Waals surface area contributed by atoms with Crippen molar-refractivity contribution >= 4 is 28.7 Å². The number of carbonyl (C=O) groups excluding carboxylic acids is 1. The van der Waals surface area contributed by atoms with Crippen LogP contribution in [0.4, 0.5) is 17.2 Å². The number of para-hydroxylation sites is 1. The van der Waals surface area contributed by atoms with Gasteiger partial charge in [0.25, 0.3) is 5.91 Å². The van der Waals surface area contributed by atoms with Gasteiger partial charge in [0, 0.05) is 41.7 Å². The fraction of sp³-hybridized carbons (Fsp3) is 0.138. The molecule has 4 rings (SSSR count). The van der Waals surface area contributed by atoms with E-state index in [9.17, 15) is 4.79 Å². The van der Waals surface area contributed by atoms with E-state index in [-0.39, 0.29) is 11.5 Å². The summed E-state index contributed by atoms with van der Waals surface area (Å²) >= 11 is 0. The van der Waals surface area contributed by atoms with Crippen LogP contribution in [-0.2, 0) is 4.79 Å². The topological polar surface area (TPSA) is 105 Å². The zero-order valence-electron chi connectivity index (χ0n) is 20.9. The van der Waals surface area contributed by atoms with Gasteiger partial charge in [0.15, 0.2) is 0 Å². The number of hydrogen-bond donors (Lipinski definition) is 3. The molecular formula is C29H30N6O2. The fourth-order valence-corrected chi connectivity index (χ4v) is 3.56. The minimum absolute atomic E-state index is 0.247. The second kappa shape index (κ2) is 11.8. The van der Waals surface area contributed by atoms with Gasteiger partial charge in [0.2, 0.25) is 0 Å². The van der Waals surface area contributed by atoms with Crippen LogP contribution in [0.15, 0.2) is 91.9 Å². The van der Waals surface area contributed by atoms with Gasteiger partial charge in [-0.15, -0.1) is 0 Å². The molecule has 0 saturated heterocycles. The number of benzene rings is 2. The van der Waals surface area contributed by atoms with Crippen molar-refractivity contribution in [3.8, 4) is 22.6 Å². The van der Waals surface area contributed by atoms with Crippen LogP contribution in [-0.4, -0.2) is 48.0 Å². The summed E-state index contributed by atoms with van der Waals surface area (Å²) in [4.78, 5) is 23.7. The minimum Gasteiger partial charge on any atom is -0.456 e. The van der Waals surface area contributed by atoms with Crippen LogP contribution in [0, 0.1) is 0 Å². The van der Waals surface area contributed by atoms with E-state index in [0.29, 0.717) is 22.7 Å². The van der Waals surface area contributed by atoms with Crippen LogP contribution in [0.1, 0.15) is 5.56 Å². The van der Waals surface area contributed by atoms with Crippen LogP contribution in [0.5, 0.6) is 11.5 Å². The molecule has 0 aliphatic rings. The highest BCUT2D eigenvalue weighted by atomic mass is 16.5. The summed E-state index contributed by atoms with van der Waals surface area (Å²) in [5.74, 6) is 1.70. The van der Waals surface area contributed by atoms with Crippen LogP contribution < -0.4 is 21.1 Å². The monoisotopic (exact) mass is 494 g/mol. The summed E-state index contributed by atoms with van der Waals surface area (Å²) in [7, 11) is 4.02. The molecule has 0 atom stereocenters. The van der Waals surface area contributed by atoms with E-state index in [4.69, 9.17) is 10.5 Å². The lowest BCUT2D eigenvalue weighted by molar-refractivity contribution is -0.111. The zero-order chi connectivity index (χ0) is 26.2. The number of nitrogen functional groups attached to an aromatic ring is 1. The molecule has 0 spiro atoms. The molecule has 2 aromatic carbocycles. The van der Waals surface area contributed by atoms with Crippen molar-refractivity contribution in [1.82, 2.24) is 14.9 Å². The normalized spacial score (nSPS) is 10.7. The van der Waals surface area contributed by atoms with E-state index in [0.717, 1.165) is 35.8 Å². The Labute approximate surface area is 216 Å². The molecular weight excluding hydrogens is 464 g/mol. The number of rotatable bonds is 10. The second-order valence-electron chi connectivity index (χ2n) is 8.72. The SMILES string of the molecule is C=C(C(=O)Nc1ccc(NCCN(C)C)nc1)c1cc(-c2cncc(Oc3ccccc3)c2)ccc1N. The molecule has 1 amide bonds. The molecule has 188 valence electrons. The van der Waals surface area contributed by atoms with Gasteiger partial charge in [-0.25, -0.2) is 4.98 Å². The lowest BCUT2D eigenvalue weighted by Gasteiger charge is -2.13. The van der Waals surface area contributed by atoms with Crippen molar-refractivity contribution in [2.24, 2.45) is 0 Å². The molecule has 2 aromatic heterocycles. The predicted molar refractivity (Wildman–Crippen MR) is 150 cm³/mol. The molecule has 8 nitrogen and oxygen atoms in total. The van der Waals surface area contributed by atoms with Gasteiger partial charge in [-0.3, -0.25) is 9.78 Å². The van der Waals surface area contributed by atoms with Gasteiger partial charge in [-0.2, -0.15) is 0 Å². The maximum Gasteiger partial charge on any atom is 0.255 e. The Bertz CT molecular complexity index is 1370. The minimum atomic E-state index is -0.363. The quantitative estimate of drug-likeness (QED) is 0.207. The average Bonchev–Trinajstić information content (AvgIpc) is 2.90. The average molecular weight is 495 g/mol. The summed E-state index contributed by atoms with van der Waals surface area (Å²) in [5.41, 5.74) is 9.67. The van der Waals surface area contributed by atoms with E-state index in [1.165, 1.54) is 0 Å². The molecule has 0 aliphatic carbocycles. The Morgan fingerprint density at radius 3 is 2.51 bits per heavy atom. The second-order valence-corrected chi connectivity index (χ2v) is 8.72. The van der Waals surface area contributed by atoms with E-state index in [1.807, 2.05) is 68.7 Å². The van der Waals surface area contributed by atoms with Crippen molar-refractivity contribution in [1.29, 1.82) is 0 Å². The largest absolute Gasteiger partial charge is 0.456 e. The molecule has 4 N–H and O–H groups in total. The Morgan fingerprint density at radius 2 is 1.78 bits per heavy atom. The highest BCUT2D eigenvalue weighted by Crippen LogP contribution is 2.31. The van der Waals surface area contributed by atoms with E-state index < -0.39 is 0 Å². The van der Waals surface area contributed by atoms with Gasteiger partial charge in [-0.1, -0.05) is 30.8 Å². The lowest BCUT2D eigenvalue weighted by Crippen LogP contribution is -2.21. The molecule has 0 radical (unpaired) electrons. The zero-order valence-corrected chi connectivity index (χ0v) is 20.9. The van der Waals surface area contributed by atoms with Gasteiger partial charge in [-0.05, 0) is 62.1 Å². The molecule has 0 bridgehead atoms. The maximum atomic E-state index is 13.0. The maximum absolute atomic E-state index is 13.0. The van der Waals surface area contributed by atoms with Crippen LogP contribution in [0.25, 0.3) is 16.7 Å². The Balaban J connectivity index is 1.45. The molecule has 0 unspecified atom stereocenters. The number of nitrogens with two attached hydrogens (primary N) is 1. The van der Waals surface area contributed by atoms with E-state index in [1.54, 1.807) is 30.7 Å². The standard InChI is InChI=1S/C29H30N6O2/c1-20(29(36)34-23-10-12-28(33-18-23)32-13-14-35(2)3)26-16-21(9-11-27(26)30)22-15-25(19-31-17-22)37-24-7-5-4-6-8-24/h4-12,15-19H,1,13-14,30H2,2-3H3,(H,32,33)(H,34,36). The van der Waals surface area contributed by atoms with Crippen molar-refractivity contribution in [3.05, 3.63) is 97.5 Å². The molecule has 37 heavy (non-hydrogen) atoms. The number of carbonyl (C=O) groups is 1. The highest BCUT2D eigenvalue weighted by molar-refractivity contribution is 6.25. The van der Waals surface area contributed by atoms with Crippen molar-refractivity contribution in [3.63, 3.8) is 0 Å². The number of aromatic nitrogens is 2. The Morgan fingerprint density at radius 1 is 0.973 bits per heavy atom. The third-order valence-corrected chi connectivity index (χ3v) is 5.56. The number of ether oxygens (including phenoxy) is 1. The number of pyridine rings is 2. The van der Waals surface area contributed by atoms with E-state index in [2.05, 4.69) is 32.1 Å². The van der Waals surface area contributed by atoms with Gasteiger partial charge < -0.3 is 26.0 Å². The number of likely N-dealkylation sites (N-methyl/N-ethyl adjacent to an activating group) is 1.